The second kappa shape index (κ2) is 2.97. The molecule has 13 heavy (non-hydrogen) atoms. The minimum Gasteiger partial charge on any atom is -0.488 e. The molecule has 1 aromatic carbocycles. The number of hydrogen-bond acceptors (Lipinski definition) is 3. The van der Waals surface area contributed by atoms with Crippen molar-refractivity contribution >= 4 is 0 Å². The molecule has 70 valence electrons. The van der Waals surface area contributed by atoms with Gasteiger partial charge in [0.15, 0.2) is 11.6 Å². The standard InChI is InChI=1S/C9H10FNO2/c10-6-3-1-2-5-8(12)7(11)4-13-9(5)6/h1-3,7-8,12H,4,11H2/t7-,8+/m1/s1. The molecule has 0 spiro atoms. The van der Waals surface area contributed by atoms with Gasteiger partial charge in [0.2, 0.25) is 0 Å². The molecule has 0 amide bonds. The van der Waals surface area contributed by atoms with Crippen molar-refractivity contribution in [1.82, 2.24) is 0 Å². The van der Waals surface area contributed by atoms with E-state index in [1.54, 1.807) is 6.07 Å². The average molecular weight is 183 g/mol. The van der Waals surface area contributed by atoms with E-state index in [0.29, 0.717) is 5.56 Å². The minimum atomic E-state index is -0.834. The van der Waals surface area contributed by atoms with E-state index in [1.165, 1.54) is 12.1 Å². The lowest BCUT2D eigenvalue weighted by atomic mass is 10.00. The van der Waals surface area contributed by atoms with E-state index in [2.05, 4.69) is 0 Å². The summed E-state index contributed by atoms with van der Waals surface area (Å²) in [7, 11) is 0. The van der Waals surface area contributed by atoms with Gasteiger partial charge in [0.25, 0.3) is 0 Å². The minimum absolute atomic E-state index is 0.122. The molecule has 3 nitrogen and oxygen atoms in total. The van der Waals surface area contributed by atoms with Crippen molar-refractivity contribution in [3.05, 3.63) is 29.6 Å². The number of hydrogen-bond donors (Lipinski definition) is 2. The molecular weight excluding hydrogens is 173 g/mol. The zero-order valence-corrected chi connectivity index (χ0v) is 6.90. The molecule has 1 aliphatic rings. The summed E-state index contributed by atoms with van der Waals surface area (Å²) >= 11 is 0. The fourth-order valence-electron chi connectivity index (χ4n) is 1.41. The Balaban J connectivity index is 2.49. The zero-order valence-electron chi connectivity index (χ0n) is 6.90. The summed E-state index contributed by atoms with van der Waals surface area (Å²) in [5.41, 5.74) is 5.98. The number of benzene rings is 1. The molecule has 2 rings (SSSR count). The van der Waals surface area contributed by atoms with Gasteiger partial charge in [-0.1, -0.05) is 12.1 Å². The molecular formula is C9H10FNO2. The Morgan fingerprint density at radius 3 is 3.08 bits per heavy atom. The Kier molecular flexibility index (Phi) is 1.94. The third-order valence-electron chi connectivity index (χ3n) is 2.14. The highest BCUT2D eigenvalue weighted by Gasteiger charge is 2.28. The molecule has 0 saturated heterocycles. The normalized spacial score (nSPS) is 26.4. The van der Waals surface area contributed by atoms with Crippen molar-refractivity contribution in [3.63, 3.8) is 0 Å². The molecule has 0 fully saturated rings. The number of para-hydroxylation sites is 1. The maximum Gasteiger partial charge on any atom is 0.165 e. The molecule has 1 aliphatic heterocycles. The summed E-state index contributed by atoms with van der Waals surface area (Å²) in [5, 5.41) is 9.58. The SMILES string of the molecule is N[C@@H]1COc2c(F)cccc2[C@@H]1O. The molecule has 2 atom stereocenters. The average Bonchev–Trinajstić information content (AvgIpc) is 2.12. The fourth-order valence-corrected chi connectivity index (χ4v) is 1.41. The number of nitrogens with two attached hydrogens (primary N) is 1. The van der Waals surface area contributed by atoms with Gasteiger partial charge >= 0.3 is 0 Å². The smallest absolute Gasteiger partial charge is 0.165 e. The van der Waals surface area contributed by atoms with Crippen molar-refractivity contribution in [2.24, 2.45) is 5.73 Å². The molecule has 1 heterocycles. The fraction of sp³-hybridized carbons (Fsp3) is 0.333. The van der Waals surface area contributed by atoms with E-state index in [1.807, 2.05) is 0 Å². The first kappa shape index (κ1) is 8.47. The van der Waals surface area contributed by atoms with E-state index < -0.39 is 18.0 Å². The Bertz CT molecular complexity index is 329. The summed E-state index contributed by atoms with van der Waals surface area (Å²) < 4.78 is 18.2. The van der Waals surface area contributed by atoms with Gasteiger partial charge in [-0.2, -0.15) is 0 Å². The van der Waals surface area contributed by atoms with Gasteiger partial charge < -0.3 is 15.6 Å². The van der Waals surface area contributed by atoms with E-state index in [9.17, 15) is 9.50 Å². The van der Waals surface area contributed by atoms with Crippen molar-refractivity contribution in [2.75, 3.05) is 6.61 Å². The number of halogens is 1. The first-order valence-electron chi connectivity index (χ1n) is 4.05. The molecule has 0 unspecified atom stereocenters. The van der Waals surface area contributed by atoms with Crippen LogP contribution >= 0.6 is 0 Å². The van der Waals surface area contributed by atoms with Crippen LogP contribution in [-0.2, 0) is 0 Å². The summed E-state index contributed by atoms with van der Waals surface area (Å²) in [4.78, 5) is 0. The van der Waals surface area contributed by atoms with E-state index in [0.717, 1.165) is 0 Å². The van der Waals surface area contributed by atoms with Crippen LogP contribution in [0.1, 0.15) is 11.7 Å². The maximum absolute atomic E-state index is 13.1. The molecule has 0 bridgehead atoms. The lowest BCUT2D eigenvalue weighted by Gasteiger charge is -2.27. The predicted octanol–water partition coefficient (Wildman–Crippen LogP) is 0.579. The van der Waals surface area contributed by atoms with Crippen LogP contribution in [0.25, 0.3) is 0 Å². The lowest BCUT2D eigenvalue weighted by Crippen LogP contribution is -2.38. The molecule has 3 N–H and O–H groups in total. The van der Waals surface area contributed by atoms with Crippen LogP contribution < -0.4 is 10.5 Å². The second-order valence-electron chi connectivity index (χ2n) is 3.08. The molecule has 0 aliphatic carbocycles. The summed E-state index contributed by atoms with van der Waals surface area (Å²) in [6, 6.07) is 3.96. The van der Waals surface area contributed by atoms with Gasteiger partial charge in [-0.25, -0.2) is 4.39 Å². The third kappa shape index (κ3) is 1.28. The van der Waals surface area contributed by atoms with Gasteiger partial charge in [0.1, 0.15) is 12.7 Å². The highest BCUT2D eigenvalue weighted by atomic mass is 19.1. The summed E-state index contributed by atoms with van der Waals surface area (Å²) in [5.74, 6) is -0.333. The zero-order chi connectivity index (χ0) is 9.42. The Morgan fingerprint density at radius 1 is 1.54 bits per heavy atom. The first-order valence-corrected chi connectivity index (χ1v) is 4.05. The number of fused-ring (bicyclic) bond motifs is 1. The predicted molar refractivity (Wildman–Crippen MR) is 44.8 cm³/mol. The van der Waals surface area contributed by atoms with Gasteiger partial charge in [-0.15, -0.1) is 0 Å². The third-order valence-corrected chi connectivity index (χ3v) is 2.14. The van der Waals surface area contributed by atoms with E-state index >= 15 is 0 Å². The largest absolute Gasteiger partial charge is 0.488 e. The van der Waals surface area contributed by atoms with Crippen molar-refractivity contribution in [2.45, 2.75) is 12.1 Å². The van der Waals surface area contributed by atoms with Crippen molar-refractivity contribution in [1.29, 1.82) is 0 Å². The number of aliphatic hydroxyl groups is 1. The summed E-state index contributed by atoms with van der Waals surface area (Å²) in [6.45, 7) is 0.148. The molecule has 1 aromatic rings. The van der Waals surface area contributed by atoms with Crippen LogP contribution in [0.4, 0.5) is 4.39 Å². The van der Waals surface area contributed by atoms with Gasteiger partial charge in [-0.05, 0) is 6.07 Å². The molecule has 0 saturated carbocycles. The number of aliphatic hydroxyl groups excluding tert-OH is 1. The van der Waals surface area contributed by atoms with Crippen LogP contribution in [0.15, 0.2) is 18.2 Å². The first-order chi connectivity index (χ1) is 6.20. The Labute approximate surface area is 74.9 Å². The number of rotatable bonds is 0. The van der Waals surface area contributed by atoms with Crippen LogP contribution in [0.3, 0.4) is 0 Å². The Morgan fingerprint density at radius 2 is 2.31 bits per heavy atom. The molecule has 0 radical (unpaired) electrons. The monoisotopic (exact) mass is 183 g/mol. The van der Waals surface area contributed by atoms with Gasteiger partial charge in [0, 0.05) is 5.56 Å². The van der Waals surface area contributed by atoms with Crippen molar-refractivity contribution < 1.29 is 14.2 Å². The van der Waals surface area contributed by atoms with Crippen molar-refractivity contribution in [3.8, 4) is 5.75 Å². The second-order valence-corrected chi connectivity index (χ2v) is 3.08. The number of ether oxygens (including phenoxy) is 1. The van der Waals surface area contributed by atoms with Crippen LogP contribution in [0, 0.1) is 5.82 Å². The van der Waals surface area contributed by atoms with Crippen LogP contribution in [0.5, 0.6) is 5.75 Å². The van der Waals surface area contributed by atoms with Crippen LogP contribution in [-0.4, -0.2) is 17.8 Å². The van der Waals surface area contributed by atoms with E-state index in [4.69, 9.17) is 10.5 Å². The summed E-state index contributed by atoms with van der Waals surface area (Å²) in [6.07, 6.45) is -0.834. The van der Waals surface area contributed by atoms with Gasteiger partial charge in [0.05, 0.1) is 6.04 Å². The van der Waals surface area contributed by atoms with Crippen LogP contribution in [0.2, 0.25) is 0 Å². The Hall–Kier alpha value is -1.13. The quantitative estimate of drug-likeness (QED) is 0.618. The topological polar surface area (TPSA) is 55.5 Å². The molecule has 0 aromatic heterocycles. The highest BCUT2D eigenvalue weighted by molar-refractivity contribution is 5.38. The van der Waals surface area contributed by atoms with E-state index in [-0.39, 0.29) is 12.4 Å². The molecule has 4 heteroatoms. The highest BCUT2D eigenvalue weighted by Crippen LogP contribution is 2.33. The van der Waals surface area contributed by atoms with Gasteiger partial charge in [-0.3, -0.25) is 0 Å². The lowest BCUT2D eigenvalue weighted by molar-refractivity contribution is 0.0886. The maximum atomic E-state index is 13.1.